The van der Waals surface area contributed by atoms with Gasteiger partial charge in [0.25, 0.3) is 0 Å². The fraction of sp³-hybridized carbons (Fsp3) is 0.538. The van der Waals surface area contributed by atoms with Crippen LogP contribution in [0.5, 0.6) is 0 Å². The minimum Gasteiger partial charge on any atom is -0.381 e. The third kappa shape index (κ3) is 2.38. The molecule has 2 fully saturated rings. The van der Waals surface area contributed by atoms with Crippen molar-refractivity contribution in [2.45, 2.75) is 18.9 Å². The van der Waals surface area contributed by atoms with Crippen LogP contribution in [-0.2, 0) is 0 Å². The van der Waals surface area contributed by atoms with Gasteiger partial charge >= 0.3 is 0 Å². The molecule has 0 amide bonds. The van der Waals surface area contributed by atoms with Gasteiger partial charge in [-0.15, -0.1) is 0 Å². The lowest BCUT2D eigenvalue weighted by Crippen LogP contribution is -2.39. The van der Waals surface area contributed by atoms with Crippen LogP contribution in [0.25, 0.3) is 0 Å². The van der Waals surface area contributed by atoms with E-state index < -0.39 is 0 Å². The van der Waals surface area contributed by atoms with Gasteiger partial charge in [-0.25, -0.2) is 0 Å². The van der Waals surface area contributed by atoms with Gasteiger partial charge in [-0.3, -0.25) is 0 Å². The van der Waals surface area contributed by atoms with Gasteiger partial charge in [0.05, 0.1) is 15.7 Å². The van der Waals surface area contributed by atoms with E-state index in [0.717, 1.165) is 16.1 Å². The molecule has 0 radical (unpaired) electrons. The van der Waals surface area contributed by atoms with E-state index in [2.05, 4.69) is 26.1 Å². The van der Waals surface area contributed by atoms with Crippen LogP contribution in [0.2, 0.25) is 10.0 Å². The molecular formula is C13H15BrCl2N2. The summed E-state index contributed by atoms with van der Waals surface area (Å²) >= 11 is 15.8. The molecule has 3 atom stereocenters. The van der Waals surface area contributed by atoms with Gasteiger partial charge in [0, 0.05) is 23.6 Å². The first-order valence-corrected chi connectivity index (χ1v) is 7.82. The number of fused-ring (bicyclic) bond motifs is 2. The second-order valence-electron chi connectivity index (χ2n) is 5.11. The van der Waals surface area contributed by atoms with Crippen molar-refractivity contribution in [3.05, 3.63) is 26.7 Å². The third-order valence-corrected chi connectivity index (χ3v) is 5.78. The highest BCUT2D eigenvalue weighted by Gasteiger charge is 2.34. The molecule has 98 valence electrons. The SMILES string of the molecule is Clc1c(Br)ccc(NC2CCN3CCC2C3)c1Cl. The van der Waals surface area contributed by atoms with Crippen LogP contribution in [0, 0.1) is 5.92 Å². The maximum absolute atomic E-state index is 6.28. The Morgan fingerprint density at radius 1 is 1.17 bits per heavy atom. The first kappa shape index (κ1) is 13.0. The summed E-state index contributed by atoms with van der Waals surface area (Å²) in [5.74, 6) is 0.747. The lowest BCUT2D eigenvalue weighted by atomic mass is 9.94. The Labute approximate surface area is 126 Å². The summed E-state index contributed by atoms with van der Waals surface area (Å²) in [5, 5.41) is 4.79. The van der Waals surface area contributed by atoms with Gasteiger partial charge in [0.1, 0.15) is 0 Å². The molecule has 1 aromatic carbocycles. The fourth-order valence-corrected chi connectivity index (χ4v) is 3.81. The monoisotopic (exact) mass is 348 g/mol. The van der Waals surface area contributed by atoms with Crippen molar-refractivity contribution in [2.24, 2.45) is 5.92 Å². The predicted molar refractivity (Wildman–Crippen MR) is 80.7 cm³/mol. The van der Waals surface area contributed by atoms with Crippen LogP contribution < -0.4 is 5.32 Å². The molecule has 0 spiro atoms. The smallest absolute Gasteiger partial charge is 0.0835 e. The quantitative estimate of drug-likeness (QED) is 0.802. The fourth-order valence-electron chi connectivity index (χ4n) is 2.98. The molecule has 18 heavy (non-hydrogen) atoms. The molecule has 2 bridgehead atoms. The molecule has 2 aliphatic rings. The maximum Gasteiger partial charge on any atom is 0.0835 e. The number of hydrogen-bond acceptors (Lipinski definition) is 2. The molecule has 0 saturated carbocycles. The van der Waals surface area contributed by atoms with Crippen LogP contribution in [-0.4, -0.2) is 30.6 Å². The van der Waals surface area contributed by atoms with E-state index in [4.69, 9.17) is 23.2 Å². The average Bonchev–Trinajstić information content (AvgIpc) is 2.76. The van der Waals surface area contributed by atoms with E-state index in [-0.39, 0.29) is 0 Å². The van der Waals surface area contributed by atoms with Gasteiger partial charge in [-0.2, -0.15) is 0 Å². The van der Waals surface area contributed by atoms with Crippen molar-refractivity contribution in [2.75, 3.05) is 25.0 Å². The Morgan fingerprint density at radius 2 is 1.94 bits per heavy atom. The molecule has 1 N–H and O–H groups in total. The topological polar surface area (TPSA) is 15.3 Å². The van der Waals surface area contributed by atoms with Crippen LogP contribution in [0.15, 0.2) is 16.6 Å². The first-order valence-electron chi connectivity index (χ1n) is 6.27. The Balaban J connectivity index is 1.78. The molecular weight excluding hydrogens is 335 g/mol. The highest BCUT2D eigenvalue weighted by atomic mass is 79.9. The Kier molecular flexibility index (Phi) is 3.77. The molecule has 0 aliphatic carbocycles. The van der Waals surface area contributed by atoms with Gasteiger partial charge in [0.2, 0.25) is 0 Å². The number of nitrogens with one attached hydrogen (secondary N) is 1. The normalized spacial score (nSPS) is 30.5. The van der Waals surface area contributed by atoms with Gasteiger partial charge in [0.15, 0.2) is 0 Å². The number of rotatable bonds is 2. The van der Waals surface area contributed by atoms with Crippen molar-refractivity contribution in [3.8, 4) is 0 Å². The number of anilines is 1. The van der Waals surface area contributed by atoms with Crippen LogP contribution in [0.1, 0.15) is 12.8 Å². The molecule has 2 saturated heterocycles. The van der Waals surface area contributed by atoms with E-state index in [9.17, 15) is 0 Å². The molecule has 2 heterocycles. The third-order valence-electron chi connectivity index (χ3n) is 4.01. The summed E-state index contributed by atoms with van der Waals surface area (Å²) in [4.78, 5) is 2.54. The summed E-state index contributed by atoms with van der Waals surface area (Å²) < 4.78 is 0.843. The standard InChI is InChI=1S/C13H15BrCl2N2/c14-9-1-2-11(13(16)12(9)15)17-10-4-6-18-5-3-8(10)7-18/h1-2,8,10,17H,3-7H2. The lowest BCUT2D eigenvalue weighted by Gasteiger charge is -2.32. The number of piperidine rings is 1. The second kappa shape index (κ2) is 5.20. The molecule has 2 aliphatic heterocycles. The van der Waals surface area contributed by atoms with Crippen molar-refractivity contribution in [1.82, 2.24) is 4.90 Å². The van der Waals surface area contributed by atoms with E-state index in [1.165, 1.54) is 32.5 Å². The molecule has 3 rings (SSSR count). The Bertz CT molecular complexity index is 467. The average molecular weight is 350 g/mol. The number of benzene rings is 1. The molecule has 1 aromatic rings. The van der Waals surface area contributed by atoms with Crippen molar-refractivity contribution in [3.63, 3.8) is 0 Å². The number of nitrogens with zero attached hydrogens (tertiary/aromatic N) is 1. The van der Waals surface area contributed by atoms with Crippen molar-refractivity contribution in [1.29, 1.82) is 0 Å². The molecule has 0 aromatic heterocycles. The summed E-state index contributed by atoms with van der Waals surface area (Å²) in [6, 6.07) is 4.47. The second-order valence-corrected chi connectivity index (χ2v) is 6.72. The Hall–Kier alpha value is 0.0400. The largest absolute Gasteiger partial charge is 0.381 e. The van der Waals surface area contributed by atoms with Crippen LogP contribution in [0.3, 0.4) is 0 Å². The maximum atomic E-state index is 6.28. The van der Waals surface area contributed by atoms with Gasteiger partial charge < -0.3 is 10.2 Å². The van der Waals surface area contributed by atoms with E-state index in [1.807, 2.05) is 12.1 Å². The lowest BCUT2D eigenvalue weighted by molar-refractivity contribution is 0.255. The van der Waals surface area contributed by atoms with E-state index in [1.54, 1.807) is 0 Å². The zero-order valence-electron chi connectivity index (χ0n) is 9.93. The molecule has 2 nitrogen and oxygen atoms in total. The highest BCUT2D eigenvalue weighted by molar-refractivity contribution is 9.10. The van der Waals surface area contributed by atoms with E-state index in [0.29, 0.717) is 16.1 Å². The summed E-state index contributed by atoms with van der Waals surface area (Å²) in [5.41, 5.74) is 0.954. The van der Waals surface area contributed by atoms with Gasteiger partial charge in [-0.1, -0.05) is 23.2 Å². The van der Waals surface area contributed by atoms with Crippen LogP contribution >= 0.6 is 39.1 Å². The summed E-state index contributed by atoms with van der Waals surface area (Å²) in [6.07, 6.45) is 2.48. The zero-order valence-corrected chi connectivity index (χ0v) is 13.0. The van der Waals surface area contributed by atoms with Crippen LogP contribution in [0.4, 0.5) is 5.69 Å². The van der Waals surface area contributed by atoms with Crippen molar-refractivity contribution < 1.29 is 0 Å². The zero-order chi connectivity index (χ0) is 12.7. The number of halogens is 3. The Morgan fingerprint density at radius 3 is 2.78 bits per heavy atom. The highest BCUT2D eigenvalue weighted by Crippen LogP contribution is 2.38. The molecule has 3 unspecified atom stereocenters. The van der Waals surface area contributed by atoms with E-state index >= 15 is 0 Å². The predicted octanol–water partition coefficient (Wildman–Crippen LogP) is 4.26. The van der Waals surface area contributed by atoms with Gasteiger partial charge in [-0.05, 0) is 53.4 Å². The minimum atomic E-state index is 0.526. The first-order chi connectivity index (χ1) is 8.65. The molecule has 5 heteroatoms. The number of hydrogen-bond donors (Lipinski definition) is 1. The minimum absolute atomic E-state index is 0.526. The summed E-state index contributed by atoms with van der Waals surface area (Å²) in [7, 11) is 0. The summed E-state index contributed by atoms with van der Waals surface area (Å²) in [6.45, 7) is 3.66. The van der Waals surface area contributed by atoms with Crippen molar-refractivity contribution >= 4 is 44.8 Å².